The highest BCUT2D eigenvalue weighted by Crippen LogP contribution is 2.46. The molecule has 0 aliphatic heterocycles. The van der Waals surface area contributed by atoms with Crippen molar-refractivity contribution in [3.8, 4) is 11.3 Å². The maximum atomic E-state index is 13.1. The number of urea groups is 1. The van der Waals surface area contributed by atoms with Gasteiger partial charge in [0.15, 0.2) is 0 Å². The lowest BCUT2D eigenvalue weighted by atomic mass is 9.75. The number of anilines is 3. The van der Waals surface area contributed by atoms with Crippen LogP contribution in [0, 0.1) is 5.82 Å². The number of benzene rings is 3. The lowest BCUT2D eigenvalue weighted by molar-refractivity contribution is 0.262. The van der Waals surface area contributed by atoms with Crippen LogP contribution in [-0.2, 0) is 11.8 Å². The number of aromatic nitrogens is 2. The summed E-state index contributed by atoms with van der Waals surface area (Å²) in [6.45, 7) is 2.86. The van der Waals surface area contributed by atoms with E-state index in [1.807, 2.05) is 42.5 Å². The maximum absolute atomic E-state index is 13.1. The van der Waals surface area contributed by atoms with Crippen molar-refractivity contribution < 1.29 is 13.6 Å². The number of carbonyl (C=O) groups excluding carboxylic acids is 1. The van der Waals surface area contributed by atoms with Crippen LogP contribution in [0.4, 0.5) is 26.4 Å². The summed E-state index contributed by atoms with van der Waals surface area (Å²) in [5, 5.41) is 9.89. The number of carbonyl (C=O) groups is 1. The number of fused-ring (bicyclic) bond motifs is 1. The lowest BCUT2D eigenvalue weighted by Gasteiger charge is -2.27. The van der Waals surface area contributed by atoms with Crippen molar-refractivity contribution in [3.63, 3.8) is 0 Å². The van der Waals surface area contributed by atoms with Gasteiger partial charge in [0.25, 0.3) is 0 Å². The van der Waals surface area contributed by atoms with E-state index in [0.717, 1.165) is 46.5 Å². The van der Waals surface area contributed by atoms with Crippen molar-refractivity contribution in [3.05, 3.63) is 126 Å². The summed E-state index contributed by atoms with van der Waals surface area (Å²) in [7, 11) is 0. The first-order valence-electron chi connectivity index (χ1n) is 13.8. The zero-order valence-electron chi connectivity index (χ0n) is 23.1. The first-order chi connectivity index (χ1) is 20.5. The molecule has 7 nitrogen and oxygen atoms in total. The topological polar surface area (TPSA) is 92.1 Å². The van der Waals surface area contributed by atoms with Gasteiger partial charge in [-0.3, -0.25) is 0 Å². The number of amides is 2. The number of furan rings is 1. The fraction of sp³-hybridized carbons (Fsp3) is 0.147. The minimum Gasteiger partial charge on any atom is -0.437 e. The van der Waals surface area contributed by atoms with Crippen molar-refractivity contribution in [1.82, 2.24) is 9.97 Å². The number of hydrogen-bond acceptors (Lipinski definition) is 5. The molecule has 210 valence electrons. The Morgan fingerprint density at radius 1 is 0.929 bits per heavy atom. The van der Waals surface area contributed by atoms with Gasteiger partial charge < -0.3 is 20.4 Å². The summed E-state index contributed by atoms with van der Waals surface area (Å²) in [6, 6.07) is 23.0. The molecule has 0 spiro atoms. The van der Waals surface area contributed by atoms with Gasteiger partial charge in [0.05, 0.1) is 5.39 Å². The van der Waals surface area contributed by atoms with Gasteiger partial charge in [-0.05, 0) is 54.8 Å². The highest BCUT2D eigenvalue weighted by molar-refractivity contribution is 5.99. The molecule has 0 saturated carbocycles. The Hall–Kier alpha value is -5.24. The Balaban J connectivity index is 1.17. The number of hydrogen-bond donors (Lipinski definition) is 3. The zero-order valence-corrected chi connectivity index (χ0v) is 23.1. The van der Waals surface area contributed by atoms with Crippen LogP contribution in [0.5, 0.6) is 0 Å². The van der Waals surface area contributed by atoms with E-state index in [4.69, 9.17) is 4.42 Å². The van der Waals surface area contributed by atoms with Crippen LogP contribution in [-0.4, -0.2) is 22.5 Å². The summed E-state index contributed by atoms with van der Waals surface area (Å²) < 4.78 is 19.5. The molecule has 2 aromatic heterocycles. The van der Waals surface area contributed by atoms with E-state index in [1.165, 1.54) is 30.6 Å². The van der Waals surface area contributed by atoms with Gasteiger partial charge in [-0.25, -0.2) is 19.2 Å². The molecule has 3 N–H and O–H groups in total. The molecule has 1 aliphatic carbocycles. The summed E-state index contributed by atoms with van der Waals surface area (Å²) in [5.41, 5.74) is 4.61. The van der Waals surface area contributed by atoms with Gasteiger partial charge in [0.1, 0.15) is 23.7 Å². The maximum Gasteiger partial charge on any atom is 0.323 e. The highest BCUT2D eigenvalue weighted by atomic mass is 19.1. The molecule has 0 saturated heterocycles. The molecular formula is C34H30FN5O2. The smallest absolute Gasteiger partial charge is 0.323 e. The summed E-state index contributed by atoms with van der Waals surface area (Å²) in [6.07, 6.45) is 11.7. The second-order valence-corrected chi connectivity index (χ2v) is 10.4. The molecule has 0 radical (unpaired) electrons. The van der Waals surface area contributed by atoms with E-state index in [-0.39, 0.29) is 11.2 Å². The quantitative estimate of drug-likeness (QED) is 0.179. The third kappa shape index (κ3) is 5.78. The van der Waals surface area contributed by atoms with Gasteiger partial charge in [0, 0.05) is 34.5 Å². The van der Waals surface area contributed by atoms with Crippen LogP contribution < -0.4 is 16.0 Å². The van der Waals surface area contributed by atoms with Crippen molar-refractivity contribution in [2.75, 3.05) is 22.5 Å². The molecule has 3 aromatic carbocycles. The molecule has 8 heteroatoms. The highest BCUT2D eigenvalue weighted by Gasteiger charge is 2.34. The Bertz CT molecular complexity index is 1760. The number of rotatable bonds is 8. The first-order valence-corrected chi connectivity index (χ1v) is 13.8. The molecule has 0 fully saturated rings. The van der Waals surface area contributed by atoms with Crippen LogP contribution in [0.3, 0.4) is 0 Å². The van der Waals surface area contributed by atoms with Crippen LogP contribution in [0.1, 0.15) is 24.5 Å². The van der Waals surface area contributed by atoms with Gasteiger partial charge in [-0.2, -0.15) is 0 Å². The summed E-state index contributed by atoms with van der Waals surface area (Å²) >= 11 is 0. The summed E-state index contributed by atoms with van der Waals surface area (Å²) in [4.78, 5) is 21.4. The van der Waals surface area contributed by atoms with Gasteiger partial charge in [-0.1, -0.05) is 73.7 Å². The van der Waals surface area contributed by atoms with Gasteiger partial charge in [-0.15, -0.1) is 0 Å². The fourth-order valence-corrected chi connectivity index (χ4v) is 5.22. The predicted octanol–water partition coefficient (Wildman–Crippen LogP) is 8.10. The predicted molar refractivity (Wildman–Crippen MR) is 165 cm³/mol. The fourth-order valence-electron chi connectivity index (χ4n) is 5.22. The van der Waals surface area contributed by atoms with E-state index >= 15 is 0 Å². The van der Waals surface area contributed by atoms with Gasteiger partial charge in [0.2, 0.25) is 5.71 Å². The molecule has 5 aromatic rings. The van der Waals surface area contributed by atoms with Crippen molar-refractivity contribution >= 4 is 34.3 Å². The summed E-state index contributed by atoms with van der Waals surface area (Å²) in [5.74, 6) is 1.19. The number of nitrogens with one attached hydrogen (secondary N) is 3. The van der Waals surface area contributed by atoms with Gasteiger partial charge >= 0.3 is 6.03 Å². The zero-order chi connectivity index (χ0) is 28.9. The Labute approximate surface area is 243 Å². The molecule has 1 unspecified atom stereocenters. The minimum atomic E-state index is -0.397. The number of allylic oxidation sites excluding steroid dienone is 4. The molecule has 6 rings (SSSR count). The largest absolute Gasteiger partial charge is 0.437 e. The SMILES string of the molecule is CC1(c2c(-c3ccccc3)oc3ncnc(NCCc4ccc(NC(=O)Nc5ccc(F)cc5)cc4)c23)C=CC=CC1. The number of nitrogens with zero attached hydrogens (tertiary/aromatic N) is 2. The minimum absolute atomic E-state index is 0.280. The van der Waals surface area contributed by atoms with Crippen LogP contribution >= 0.6 is 0 Å². The molecule has 1 atom stereocenters. The first kappa shape index (κ1) is 27.0. The number of halogens is 1. The third-order valence-electron chi connectivity index (χ3n) is 7.37. The van der Waals surface area contributed by atoms with Crippen LogP contribution in [0.15, 0.2) is 114 Å². The molecule has 2 amide bonds. The standard InChI is InChI=1S/C34H30FN5O2/c1-34(19-6-3-7-20-34)29-28-31(37-22-38-32(28)42-30(29)24-8-4-2-5-9-24)36-21-18-23-10-14-26(15-11-23)39-33(41)40-27-16-12-25(35)13-17-27/h2-17,19,22H,18,20-21H2,1H3,(H,36,37,38)(H2,39,40,41). The Morgan fingerprint density at radius 3 is 2.33 bits per heavy atom. The average molecular weight is 560 g/mol. The van der Waals surface area contributed by atoms with E-state index in [1.54, 1.807) is 0 Å². The van der Waals surface area contributed by atoms with E-state index in [9.17, 15) is 9.18 Å². The van der Waals surface area contributed by atoms with Crippen LogP contribution in [0.25, 0.3) is 22.4 Å². The lowest BCUT2D eigenvalue weighted by Crippen LogP contribution is -2.20. The monoisotopic (exact) mass is 559 g/mol. The molecule has 42 heavy (non-hydrogen) atoms. The van der Waals surface area contributed by atoms with Crippen molar-refractivity contribution in [2.45, 2.75) is 25.2 Å². The third-order valence-corrected chi connectivity index (χ3v) is 7.37. The Kier molecular flexibility index (Phi) is 7.51. The Morgan fingerprint density at radius 2 is 1.64 bits per heavy atom. The normalized spacial score (nSPS) is 16.0. The average Bonchev–Trinajstić information content (AvgIpc) is 3.42. The molecule has 1 aliphatic rings. The molecule has 0 bridgehead atoms. The second kappa shape index (κ2) is 11.7. The molecule has 2 heterocycles. The van der Waals surface area contributed by atoms with Crippen molar-refractivity contribution in [2.24, 2.45) is 0 Å². The van der Waals surface area contributed by atoms with E-state index < -0.39 is 6.03 Å². The van der Waals surface area contributed by atoms with E-state index in [2.05, 4.69) is 69.3 Å². The van der Waals surface area contributed by atoms with E-state index in [0.29, 0.717) is 23.6 Å². The van der Waals surface area contributed by atoms with Crippen molar-refractivity contribution in [1.29, 1.82) is 0 Å². The second-order valence-electron chi connectivity index (χ2n) is 10.4. The molecular weight excluding hydrogens is 529 g/mol. The van der Waals surface area contributed by atoms with Crippen LogP contribution in [0.2, 0.25) is 0 Å².